The van der Waals surface area contributed by atoms with Gasteiger partial charge in [-0.3, -0.25) is 4.90 Å². The minimum Gasteiger partial charge on any atom is -0.311 e. The van der Waals surface area contributed by atoms with Crippen LogP contribution in [0.2, 0.25) is 0 Å². The van der Waals surface area contributed by atoms with Gasteiger partial charge in [-0.05, 0) is 19.8 Å². The molecule has 3 atom stereocenters. The number of hydrogen-bond acceptors (Lipinski definition) is 4. The lowest BCUT2D eigenvalue weighted by Crippen LogP contribution is -2.58. The van der Waals surface area contributed by atoms with Gasteiger partial charge in [0.15, 0.2) is 9.84 Å². The standard InChI is InChI=1S/C12H24N2O2S/c1-3-4-11-8-14(10(2)7-13-11)12-5-6-17(15,16)9-12/h10-13H,3-9H2,1-2H3. The molecule has 0 spiro atoms. The average Bonchev–Trinajstić information content (AvgIpc) is 2.62. The quantitative estimate of drug-likeness (QED) is 0.809. The number of piperazine rings is 1. The molecule has 2 saturated heterocycles. The Morgan fingerprint density at radius 3 is 2.76 bits per heavy atom. The van der Waals surface area contributed by atoms with Crippen molar-refractivity contribution in [3.63, 3.8) is 0 Å². The summed E-state index contributed by atoms with van der Waals surface area (Å²) < 4.78 is 23.1. The summed E-state index contributed by atoms with van der Waals surface area (Å²) in [6, 6.07) is 1.26. The van der Waals surface area contributed by atoms with Crippen molar-refractivity contribution in [2.45, 2.75) is 51.2 Å². The van der Waals surface area contributed by atoms with Crippen molar-refractivity contribution in [1.82, 2.24) is 10.2 Å². The van der Waals surface area contributed by atoms with Gasteiger partial charge in [0.2, 0.25) is 0 Å². The molecule has 0 amide bonds. The largest absolute Gasteiger partial charge is 0.311 e. The molecule has 17 heavy (non-hydrogen) atoms. The van der Waals surface area contributed by atoms with Crippen LogP contribution in [0.25, 0.3) is 0 Å². The highest BCUT2D eigenvalue weighted by Gasteiger charge is 2.36. The van der Waals surface area contributed by atoms with Crippen molar-refractivity contribution in [1.29, 1.82) is 0 Å². The molecule has 3 unspecified atom stereocenters. The Morgan fingerprint density at radius 1 is 1.41 bits per heavy atom. The van der Waals surface area contributed by atoms with Crippen LogP contribution in [0.5, 0.6) is 0 Å². The first-order valence-electron chi connectivity index (χ1n) is 6.71. The van der Waals surface area contributed by atoms with Gasteiger partial charge in [0.05, 0.1) is 11.5 Å². The van der Waals surface area contributed by atoms with E-state index >= 15 is 0 Å². The summed E-state index contributed by atoms with van der Waals surface area (Å²) in [4.78, 5) is 2.42. The predicted octanol–water partition coefficient (Wildman–Crippen LogP) is 0.636. The number of sulfone groups is 1. The minimum absolute atomic E-state index is 0.261. The van der Waals surface area contributed by atoms with Crippen LogP contribution < -0.4 is 5.32 Å². The molecule has 0 saturated carbocycles. The normalized spacial score (nSPS) is 38.4. The maximum atomic E-state index is 11.6. The molecule has 2 fully saturated rings. The first-order chi connectivity index (χ1) is 8.02. The van der Waals surface area contributed by atoms with E-state index < -0.39 is 9.84 Å². The van der Waals surface area contributed by atoms with E-state index in [0.29, 0.717) is 23.6 Å². The summed E-state index contributed by atoms with van der Waals surface area (Å²) in [7, 11) is -2.76. The molecule has 4 nitrogen and oxygen atoms in total. The molecule has 2 aliphatic heterocycles. The summed E-state index contributed by atoms with van der Waals surface area (Å²) in [6.07, 6.45) is 3.19. The Hall–Kier alpha value is -0.130. The van der Waals surface area contributed by atoms with Crippen molar-refractivity contribution >= 4 is 9.84 Å². The van der Waals surface area contributed by atoms with E-state index in [1.807, 2.05) is 0 Å². The first kappa shape index (κ1) is 13.3. The van der Waals surface area contributed by atoms with E-state index in [2.05, 4.69) is 24.1 Å². The van der Waals surface area contributed by atoms with Gasteiger partial charge < -0.3 is 5.32 Å². The molecule has 5 heteroatoms. The second-order valence-electron chi connectivity index (χ2n) is 5.50. The number of nitrogens with zero attached hydrogens (tertiary/aromatic N) is 1. The Bertz CT molecular complexity index is 356. The highest BCUT2D eigenvalue weighted by molar-refractivity contribution is 7.91. The van der Waals surface area contributed by atoms with Gasteiger partial charge in [-0.25, -0.2) is 8.42 Å². The minimum atomic E-state index is -2.76. The van der Waals surface area contributed by atoms with Gasteiger partial charge in [-0.15, -0.1) is 0 Å². The molecule has 1 N–H and O–H groups in total. The smallest absolute Gasteiger partial charge is 0.151 e. The highest BCUT2D eigenvalue weighted by Crippen LogP contribution is 2.22. The summed E-state index contributed by atoms with van der Waals surface area (Å²) in [5.74, 6) is 0.753. The van der Waals surface area contributed by atoms with Gasteiger partial charge in [0, 0.05) is 31.2 Å². The van der Waals surface area contributed by atoms with Crippen LogP contribution in [0, 0.1) is 0 Å². The van der Waals surface area contributed by atoms with E-state index in [0.717, 1.165) is 19.5 Å². The van der Waals surface area contributed by atoms with Crippen molar-refractivity contribution < 1.29 is 8.42 Å². The van der Waals surface area contributed by atoms with Crippen molar-refractivity contribution in [2.75, 3.05) is 24.6 Å². The highest BCUT2D eigenvalue weighted by atomic mass is 32.2. The van der Waals surface area contributed by atoms with Gasteiger partial charge in [0.25, 0.3) is 0 Å². The third-order valence-corrected chi connectivity index (χ3v) is 5.76. The molecule has 0 aromatic carbocycles. The molecule has 0 aliphatic carbocycles. The molecule has 0 radical (unpaired) electrons. The van der Waals surface area contributed by atoms with Crippen molar-refractivity contribution in [3.8, 4) is 0 Å². The zero-order valence-electron chi connectivity index (χ0n) is 10.9. The van der Waals surface area contributed by atoms with Gasteiger partial charge in [-0.1, -0.05) is 13.3 Å². The van der Waals surface area contributed by atoms with E-state index in [1.54, 1.807) is 0 Å². The molecule has 100 valence electrons. The second kappa shape index (κ2) is 5.24. The van der Waals surface area contributed by atoms with E-state index in [4.69, 9.17) is 0 Å². The fourth-order valence-electron chi connectivity index (χ4n) is 3.04. The SMILES string of the molecule is CCCC1CN(C2CCS(=O)(=O)C2)C(C)CN1. The molecule has 0 bridgehead atoms. The lowest BCUT2D eigenvalue weighted by molar-refractivity contribution is 0.0988. The lowest BCUT2D eigenvalue weighted by atomic mass is 10.0. The van der Waals surface area contributed by atoms with Crippen LogP contribution in [0.3, 0.4) is 0 Å². The van der Waals surface area contributed by atoms with Crippen LogP contribution in [0.4, 0.5) is 0 Å². The fourth-order valence-corrected chi connectivity index (χ4v) is 4.78. The molecule has 2 rings (SSSR count). The van der Waals surface area contributed by atoms with Gasteiger partial charge >= 0.3 is 0 Å². The van der Waals surface area contributed by atoms with Gasteiger partial charge in [-0.2, -0.15) is 0 Å². The Labute approximate surface area is 105 Å². The maximum absolute atomic E-state index is 11.6. The zero-order chi connectivity index (χ0) is 12.5. The molecule has 0 aromatic heterocycles. The summed E-state index contributed by atoms with van der Waals surface area (Å²) in [5.41, 5.74) is 0. The maximum Gasteiger partial charge on any atom is 0.151 e. The summed E-state index contributed by atoms with van der Waals surface area (Å²) in [5, 5.41) is 3.55. The number of hydrogen-bond donors (Lipinski definition) is 1. The molecule has 0 aromatic rings. The Kier molecular flexibility index (Phi) is 4.10. The van der Waals surface area contributed by atoms with E-state index in [1.165, 1.54) is 12.8 Å². The lowest BCUT2D eigenvalue weighted by Gasteiger charge is -2.42. The van der Waals surface area contributed by atoms with Crippen LogP contribution in [0.1, 0.15) is 33.1 Å². The third kappa shape index (κ3) is 3.20. The predicted molar refractivity (Wildman–Crippen MR) is 69.9 cm³/mol. The monoisotopic (exact) mass is 260 g/mol. The van der Waals surface area contributed by atoms with Crippen LogP contribution in [0.15, 0.2) is 0 Å². The number of nitrogens with one attached hydrogen (secondary N) is 1. The van der Waals surface area contributed by atoms with Crippen molar-refractivity contribution in [3.05, 3.63) is 0 Å². The Morgan fingerprint density at radius 2 is 2.18 bits per heavy atom. The summed E-state index contributed by atoms with van der Waals surface area (Å²) in [6.45, 7) is 6.39. The zero-order valence-corrected chi connectivity index (χ0v) is 11.7. The van der Waals surface area contributed by atoms with Crippen LogP contribution in [-0.4, -0.2) is 56.0 Å². The average molecular weight is 260 g/mol. The molecular formula is C12H24N2O2S. The van der Waals surface area contributed by atoms with Crippen LogP contribution in [-0.2, 0) is 9.84 Å². The molecule has 2 heterocycles. The van der Waals surface area contributed by atoms with E-state index in [-0.39, 0.29) is 6.04 Å². The second-order valence-corrected chi connectivity index (χ2v) is 7.73. The van der Waals surface area contributed by atoms with Gasteiger partial charge in [0.1, 0.15) is 0 Å². The fraction of sp³-hybridized carbons (Fsp3) is 1.00. The number of rotatable bonds is 3. The molecular weight excluding hydrogens is 236 g/mol. The van der Waals surface area contributed by atoms with Crippen molar-refractivity contribution in [2.24, 2.45) is 0 Å². The summed E-state index contributed by atoms with van der Waals surface area (Å²) >= 11 is 0. The topological polar surface area (TPSA) is 49.4 Å². The first-order valence-corrected chi connectivity index (χ1v) is 8.53. The van der Waals surface area contributed by atoms with Crippen LogP contribution >= 0.6 is 0 Å². The van der Waals surface area contributed by atoms with E-state index in [9.17, 15) is 8.42 Å². The third-order valence-electron chi connectivity index (χ3n) is 4.01. The Balaban J connectivity index is 1.98. The molecule has 2 aliphatic rings.